The fourth-order valence-electron chi connectivity index (χ4n) is 3.40. The molecular formula is C18H23N3. The molecule has 1 aromatic heterocycles. The highest BCUT2D eigenvalue weighted by Crippen LogP contribution is 2.35. The van der Waals surface area contributed by atoms with E-state index in [4.69, 9.17) is 0 Å². The molecule has 1 fully saturated rings. The van der Waals surface area contributed by atoms with Crippen molar-refractivity contribution >= 4 is 5.69 Å². The minimum atomic E-state index is 1.02. The minimum absolute atomic E-state index is 1.02. The van der Waals surface area contributed by atoms with Gasteiger partial charge in [-0.05, 0) is 37.2 Å². The van der Waals surface area contributed by atoms with E-state index in [0.717, 1.165) is 19.0 Å². The molecule has 2 aliphatic rings. The third-order valence-corrected chi connectivity index (χ3v) is 4.77. The number of aromatic nitrogens is 2. The fourth-order valence-corrected chi connectivity index (χ4v) is 3.40. The SMILES string of the molecule is c1cc2c(c(-c3cncn3CCCC3CC3)c1)NCCC2. The van der Waals surface area contributed by atoms with Gasteiger partial charge in [0, 0.05) is 24.3 Å². The normalized spacial score (nSPS) is 17.3. The van der Waals surface area contributed by atoms with Crippen LogP contribution in [0, 0.1) is 5.92 Å². The number of aryl methyl sites for hydroxylation is 2. The van der Waals surface area contributed by atoms with Crippen LogP contribution in [0.2, 0.25) is 0 Å². The summed E-state index contributed by atoms with van der Waals surface area (Å²) < 4.78 is 2.33. The number of rotatable bonds is 5. The molecule has 0 radical (unpaired) electrons. The zero-order chi connectivity index (χ0) is 14.1. The molecule has 1 aliphatic heterocycles. The standard InChI is InChI=1S/C18H23N3/c1-5-15-6-2-10-20-18(15)16(7-1)17-12-19-13-21(17)11-3-4-14-8-9-14/h1,5,7,12-14,20H,2-4,6,8-11H2. The van der Waals surface area contributed by atoms with Gasteiger partial charge in [-0.2, -0.15) is 0 Å². The van der Waals surface area contributed by atoms with E-state index in [2.05, 4.69) is 33.1 Å². The van der Waals surface area contributed by atoms with Crippen molar-refractivity contribution in [2.24, 2.45) is 5.92 Å². The summed E-state index contributed by atoms with van der Waals surface area (Å²) in [6.07, 6.45) is 12.0. The predicted octanol–water partition coefficient (Wildman–Crippen LogP) is 4.10. The Morgan fingerprint density at radius 3 is 3.14 bits per heavy atom. The molecule has 0 bridgehead atoms. The summed E-state index contributed by atoms with van der Waals surface area (Å²) in [4.78, 5) is 4.40. The van der Waals surface area contributed by atoms with Crippen LogP contribution in [-0.2, 0) is 13.0 Å². The Hall–Kier alpha value is -1.77. The highest BCUT2D eigenvalue weighted by Gasteiger charge is 2.21. The molecule has 1 aromatic carbocycles. The van der Waals surface area contributed by atoms with Crippen LogP contribution < -0.4 is 5.32 Å². The van der Waals surface area contributed by atoms with Crippen LogP contribution in [0.25, 0.3) is 11.3 Å². The maximum atomic E-state index is 4.40. The summed E-state index contributed by atoms with van der Waals surface area (Å²) in [5.74, 6) is 1.02. The zero-order valence-corrected chi connectivity index (χ0v) is 12.5. The third kappa shape index (κ3) is 2.69. The first-order valence-electron chi connectivity index (χ1n) is 8.28. The Bertz CT molecular complexity index is 625. The van der Waals surface area contributed by atoms with E-state index >= 15 is 0 Å². The molecule has 4 rings (SSSR count). The van der Waals surface area contributed by atoms with Crippen LogP contribution >= 0.6 is 0 Å². The van der Waals surface area contributed by atoms with Gasteiger partial charge in [0.1, 0.15) is 0 Å². The molecule has 0 atom stereocenters. The van der Waals surface area contributed by atoms with Gasteiger partial charge in [0.05, 0.1) is 18.2 Å². The first kappa shape index (κ1) is 12.9. The molecule has 1 aliphatic carbocycles. The average Bonchev–Trinajstić information content (AvgIpc) is 3.23. The average molecular weight is 281 g/mol. The van der Waals surface area contributed by atoms with Crippen molar-refractivity contribution in [1.82, 2.24) is 9.55 Å². The molecule has 0 unspecified atom stereocenters. The molecule has 0 spiro atoms. The van der Waals surface area contributed by atoms with Crippen LogP contribution in [0.15, 0.2) is 30.7 Å². The molecule has 0 saturated heterocycles. The van der Waals surface area contributed by atoms with Gasteiger partial charge in [0.25, 0.3) is 0 Å². The van der Waals surface area contributed by atoms with Crippen LogP contribution in [0.5, 0.6) is 0 Å². The summed E-state index contributed by atoms with van der Waals surface area (Å²) in [7, 11) is 0. The summed E-state index contributed by atoms with van der Waals surface area (Å²) in [6, 6.07) is 6.66. The number of anilines is 1. The van der Waals surface area contributed by atoms with Crippen molar-refractivity contribution in [3.63, 3.8) is 0 Å². The molecule has 2 aromatic rings. The summed E-state index contributed by atoms with van der Waals surface area (Å²) in [5, 5.41) is 3.59. The van der Waals surface area contributed by atoms with Gasteiger partial charge < -0.3 is 9.88 Å². The number of fused-ring (bicyclic) bond motifs is 1. The lowest BCUT2D eigenvalue weighted by molar-refractivity contribution is 0.580. The van der Waals surface area contributed by atoms with Crippen molar-refractivity contribution in [3.8, 4) is 11.3 Å². The Morgan fingerprint density at radius 2 is 2.24 bits per heavy atom. The second kappa shape index (κ2) is 5.55. The molecule has 3 nitrogen and oxygen atoms in total. The Kier molecular flexibility index (Phi) is 3.42. The maximum Gasteiger partial charge on any atom is 0.0950 e. The molecular weight excluding hydrogens is 258 g/mol. The zero-order valence-electron chi connectivity index (χ0n) is 12.5. The number of benzene rings is 1. The van der Waals surface area contributed by atoms with Gasteiger partial charge in [-0.15, -0.1) is 0 Å². The van der Waals surface area contributed by atoms with Crippen molar-refractivity contribution in [2.45, 2.75) is 45.1 Å². The van der Waals surface area contributed by atoms with Gasteiger partial charge in [-0.1, -0.05) is 31.0 Å². The van der Waals surface area contributed by atoms with Gasteiger partial charge in [-0.3, -0.25) is 0 Å². The first-order valence-corrected chi connectivity index (χ1v) is 8.28. The van der Waals surface area contributed by atoms with Crippen LogP contribution in [0.1, 0.15) is 37.7 Å². The van der Waals surface area contributed by atoms with E-state index < -0.39 is 0 Å². The fraction of sp³-hybridized carbons (Fsp3) is 0.500. The van der Waals surface area contributed by atoms with E-state index in [1.54, 1.807) is 0 Å². The van der Waals surface area contributed by atoms with E-state index in [-0.39, 0.29) is 0 Å². The summed E-state index contributed by atoms with van der Waals surface area (Å²) in [6.45, 7) is 2.18. The monoisotopic (exact) mass is 281 g/mol. The molecule has 110 valence electrons. The number of para-hydroxylation sites is 1. The van der Waals surface area contributed by atoms with E-state index in [1.807, 2.05) is 12.5 Å². The van der Waals surface area contributed by atoms with Gasteiger partial charge in [-0.25, -0.2) is 4.98 Å². The van der Waals surface area contributed by atoms with Crippen molar-refractivity contribution in [1.29, 1.82) is 0 Å². The number of hydrogen-bond acceptors (Lipinski definition) is 2. The second-order valence-corrected chi connectivity index (χ2v) is 6.43. The summed E-state index contributed by atoms with van der Waals surface area (Å²) in [5.41, 5.74) is 5.35. The Morgan fingerprint density at radius 1 is 1.29 bits per heavy atom. The molecule has 0 amide bonds. The van der Waals surface area contributed by atoms with Crippen LogP contribution in [-0.4, -0.2) is 16.1 Å². The van der Waals surface area contributed by atoms with E-state index in [0.29, 0.717) is 0 Å². The lowest BCUT2D eigenvalue weighted by Gasteiger charge is -2.21. The summed E-state index contributed by atoms with van der Waals surface area (Å²) >= 11 is 0. The van der Waals surface area contributed by atoms with E-state index in [9.17, 15) is 0 Å². The number of hydrogen-bond donors (Lipinski definition) is 1. The van der Waals surface area contributed by atoms with Crippen LogP contribution in [0.4, 0.5) is 5.69 Å². The molecule has 1 saturated carbocycles. The smallest absolute Gasteiger partial charge is 0.0950 e. The Labute approximate surface area is 126 Å². The number of imidazole rings is 1. The molecule has 3 heteroatoms. The minimum Gasteiger partial charge on any atom is -0.384 e. The van der Waals surface area contributed by atoms with Crippen molar-refractivity contribution < 1.29 is 0 Å². The topological polar surface area (TPSA) is 29.9 Å². The second-order valence-electron chi connectivity index (χ2n) is 6.43. The van der Waals surface area contributed by atoms with Crippen molar-refractivity contribution in [2.75, 3.05) is 11.9 Å². The predicted molar refractivity (Wildman–Crippen MR) is 86.4 cm³/mol. The van der Waals surface area contributed by atoms with Gasteiger partial charge in [0.2, 0.25) is 0 Å². The highest BCUT2D eigenvalue weighted by molar-refractivity contribution is 5.78. The van der Waals surface area contributed by atoms with Crippen molar-refractivity contribution in [3.05, 3.63) is 36.3 Å². The number of nitrogens with zero attached hydrogens (tertiary/aromatic N) is 2. The first-order chi connectivity index (χ1) is 10.4. The quantitative estimate of drug-likeness (QED) is 0.894. The van der Waals surface area contributed by atoms with Gasteiger partial charge >= 0.3 is 0 Å². The molecule has 2 heterocycles. The Balaban J connectivity index is 1.59. The maximum absolute atomic E-state index is 4.40. The number of nitrogens with one attached hydrogen (secondary N) is 1. The lowest BCUT2D eigenvalue weighted by Crippen LogP contribution is -2.13. The molecule has 1 N–H and O–H groups in total. The molecule has 21 heavy (non-hydrogen) atoms. The van der Waals surface area contributed by atoms with Crippen LogP contribution in [0.3, 0.4) is 0 Å². The van der Waals surface area contributed by atoms with E-state index in [1.165, 1.54) is 61.0 Å². The third-order valence-electron chi connectivity index (χ3n) is 4.77. The van der Waals surface area contributed by atoms with Gasteiger partial charge in [0.15, 0.2) is 0 Å². The largest absolute Gasteiger partial charge is 0.384 e. The highest BCUT2D eigenvalue weighted by atomic mass is 15.0. The lowest BCUT2D eigenvalue weighted by atomic mass is 9.98.